The van der Waals surface area contributed by atoms with Gasteiger partial charge in [-0.05, 0) is 31.2 Å². The smallest absolute Gasteiger partial charge is 0.0996 e. The first kappa shape index (κ1) is 16.5. The Labute approximate surface area is 143 Å². The van der Waals surface area contributed by atoms with E-state index >= 15 is 0 Å². The summed E-state index contributed by atoms with van der Waals surface area (Å²) in [7, 11) is 0. The van der Waals surface area contributed by atoms with E-state index in [4.69, 9.17) is 9.47 Å². The maximum absolute atomic E-state index is 10.6. The lowest BCUT2D eigenvalue weighted by Crippen LogP contribution is -2.56. The normalized spacial score (nSPS) is 36.4. The van der Waals surface area contributed by atoms with E-state index in [2.05, 4.69) is 29.2 Å². The summed E-state index contributed by atoms with van der Waals surface area (Å²) in [5.41, 5.74) is 0.897. The minimum absolute atomic E-state index is 0.160. The van der Waals surface area contributed by atoms with Gasteiger partial charge in [0.25, 0.3) is 0 Å². The summed E-state index contributed by atoms with van der Waals surface area (Å²) < 4.78 is 11.8. The Balaban J connectivity index is 1.43. The van der Waals surface area contributed by atoms with Crippen molar-refractivity contribution in [3.05, 3.63) is 35.9 Å². The number of nitrogens with zero attached hydrogens (tertiary/aromatic N) is 1. The van der Waals surface area contributed by atoms with Crippen molar-refractivity contribution in [3.8, 4) is 0 Å². The average molecular weight is 333 g/mol. The molecule has 1 aromatic rings. The molecule has 3 aliphatic heterocycles. The molecule has 1 aromatic carbocycles. The molecule has 0 bridgehead atoms. The summed E-state index contributed by atoms with van der Waals surface area (Å²) in [6, 6.07) is 10.4. The first-order valence-corrected chi connectivity index (χ1v) is 9.08. The number of β-amino-alcohol motifs (C(OH)–C–C–N with tert-alkyl or cyclic N) is 1. The van der Waals surface area contributed by atoms with Crippen LogP contribution in [-0.2, 0) is 9.47 Å². The highest BCUT2D eigenvalue weighted by Crippen LogP contribution is 2.40. The minimum Gasteiger partial charge on any atom is -0.389 e. The van der Waals surface area contributed by atoms with Gasteiger partial charge in [-0.2, -0.15) is 0 Å². The van der Waals surface area contributed by atoms with Gasteiger partial charge in [0.2, 0.25) is 0 Å². The zero-order valence-corrected chi connectivity index (χ0v) is 14.0. The summed E-state index contributed by atoms with van der Waals surface area (Å²) >= 11 is 0. The molecule has 3 aliphatic rings. The molecular formula is C19H27NO4. The van der Waals surface area contributed by atoms with Gasteiger partial charge < -0.3 is 19.7 Å². The molecule has 2 unspecified atom stereocenters. The summed E-state index contributed by atoms with van der Waals surface area (Å²) in [6.07, 6.45) is 2.58. The molecule has 0 aliphatic carbocycles. The first-order chi connectivity index (χ1) is 11.7. The second-order valence-corrected chi connectivity index (χ2v) is 7.37. The number of aliphatic hydroxyl groups excluding tert-OH is 2. The fraction of sp³-hybridized carbons (Fsp3) is 0.684. The molecule has 3 heterocycles. The van der Waals surface area contributed by atoms with Gasteiger partial charge in [0.1, 0.15) is 0 Å². The minimum atomic E-state index is -0.687. The molecular weight excluding hydrogens is 306 g/mol. The molecule has 1 spiro atoms. The van der Waals surface area contributed by atoms with Crippen LogP contribution in [0.1, 0.15) is 37.4 Å². The summed E-state index contributed by atoms with van der Waals surface area (Å²) in [4.78, 5) is 2.27. The average Bonchev–Trinajstić information content (AvgIpc) is 3.17. The third-order valence-corrected chi connectivity index (χ3v) is 6.01. The van der Waals surface area contributed by atoms with Gasteiger partial charge in [0.05, 0.1) is 30.0 Å². The number of hydrogen-bond acceptors (Lipinski definition) is 5. The molecule has 3 fully saturated rings. The number of ether oxygens (including phenoxy) is 2. The lowest BCUT2D eigenvalue weighted by Gasteiger charge is -2.44. The SMILES string of the molecule is O[C@@H]1CN(CC2CCC(c3ccccc3)O2)C2(CCOCC2)[C@@H]1O. The van der Waals surface area contributed by atoms with E-state index < -0.39 is 12.2 Å². The molecule has 2 N–H and O–H groups in total. The van der Waals surface area contributed by atoms with Crippen LogP contribution < -0.4 is 0 Å². The molecule has 5 nitrogen and oxygen atoms in total. The van der Waals surface area contributed by atoms with Crippen LogP contribution in [0.15, 0.2) is 30.3 Å². The fourth-order valence-corrected chi connectivity index (χ4v) is 4.64. The second kappa shape index (κ2) is 6.73. The van der Waals surface area contributed by atoms with Crippen LogP contribution in [0.2, 0.25) is 0 Å². The van der Waals surface area contributed by atoms with E-state index in [-0.39, 0.29) is 17.7 Å². The van der Waals surface area contributed by atoms with Crippen molar-refractivity contribution < 1.29 is 19.7 Å². The highest BCUT2D eigenvalue weighted by atomic mass is 16.5. The monoisotopic (exact) mass is 333 g/mol. The molecule has 0 aromatic heterocycles. The highest BCUT2D eigenvalue weighted by molar-refractivity contribution is 5.18. The zero-order chi connectivity index (χ0) is 16.6. The Morgan fingerprint density at radius 1 is 1.08 bits per heavy atom. The van der Waals surface area contributed by atoms with Crippen molar-refractivity contribution in [1.29, 1.82) is 0 Å². The van der Waals surface area contributed by atoms with Crippen molar-refractivity contribution in [3.63, 3.8) is 0 Å². The Hall–Kier alpha value is -0.980. The van der Waals surface area contributed by atoms with Crippen molar-refractivity contribution in [2.24, 2.45) is 0 Å². The maximum Gasteiger partial charge on any atom is 0.0996 e. The van der Waals surface area contributed by atoms with Gasteiger partial charge >= 0.3 is 0 Å². The zero-order valence-electron chi connectivity index (χ0n) is 14.0. The van der Waals surface area contributed by atoms with Crippen molar-refractivity contribution in [2.45, 2.75) is 55.6 Å². The maximum atomic E-state index is 10.6. The van der Waals surface area contributed by atoms with Crippen molar-refractivity contribution >= 4 is 0 Å². The van der Waals surface area contributed by atoms with E-state index in [0.29, 0.717) is 19.8 Å². The van der Waals surface area contributed by atoms with Gasteiger partial charge in [-0.15, -0.1) is 0 Å². The second-order valence-electron chi connectivity index (χ2n) is 7.37. The van der Waals surface area contributed by atoms with Crippen LogP contribution >= 0.6 is 0 Å². The summed E-state index contributed by atoms with van der Waals surface area (Å²) in [5, 5.41) is 20.8. The largest absolute Gasteiger partial charge is 0.389 e. The van der Waals surface area contributed by atoms with Gasteiger partial charge in [-0.25, -0.2) is 0 Å². The van der Waals surface area contributed by atoms with Crippen LogP contribution in [0.3, 0.4) is 0 Å². The van der Waals surface area contributed by atoms with Gasteiger partial charge in [-0.3, -0.25) is 4.90 Å². The fourth-order valence-electron chi connectivity index (χ4n) is 4.64. The third-order valence-electron chi connectivity index (χ3n) is 6.01. The van der Waals surface area contributed by atoms with E-state index in [1.54, 1.807) is 0 Å². The Bertz CT molecular complexity index is 546. The highest BCUT2D eigenvalue weighted by Gasteiger charge is 2.53. The lowest BCUT2D eigenvalue weighted by molar-refractivity contribution is -0.0823. The van der Waals surface area contributed by atoms with Crippen LogP contribution in [0.5, 0.6) is 0 Å². The molecule has 3 saturated heterocycles. The first-order valence-electron chi connectivity index (χ1n) is 9.08. The van der Waals surface area contributed by atoms with Crippen LogP contribution in [0.4, 0.5) is 0 Å². The third kappa shape index (κ3) is 2.89. The molecule has 4 atom stereocenters. The summed E-state index contributed by atoms with van der Waals surface area (Å²) in [5.74, 6) is 0. The Morgan fingerprint density at radius 2 is 1.83 bits per heavy atom. The molecule has 132 valence electrons. The summed E-state index contributed by atoms with van der Waals surface area (Å²) in [6.45, 7) is 2.60. The predicted molar refractivity (Wildman–Crippen MR) is 89.7 cm³/mol. The molecule has 4 rings (SSSR count). The lowest BCUT2D eigenvalue weighted by atomic mass is 9.84. The van der Waals surface area contributed by atoms with Gasteiger partial charge in [-0.1, -0.05) is 30.3 Å². The number of likely N-dealkylation sites (tertiary alicyclic amines) is 1. The standard InChI is InChI=1S/C19H27NO4/c21-16-13-20(19(18(16)22)8-10-23-11-9-19)12-15-6-7-17(24-15)14-4-2-1-3-5-14/h1-5,15-18,21-22H,6-13H2/t15?,16-,17?,18-/m1/s1. The predicted octanol–water partition coefficient (Wildman–Crippen LogP) is 1.49. The van der Waals surface area contributed by atoms with E-state index in [1.807, 2.05) is 6.07 Å². The molecule has 5 heteroatoms. The quantitative estimate of drug-likeness (QED) is 0.878. The number of benzene rings is 1. The van der Waals surface area contributed by atoms with E-state index in [1.165, 1.54) is 5.56 Å². The van der Waals surface area contributed by atoms with Crippen LogP contribution in [-0.4, -0.2) is 65.3 Å². The number of rotatable bonds is 3. The molecule has 0 radical (unpaired) electrons. The number of aliphatic hydroxyl groups is 2. The van der Waals surface area contributed by atoms with Crippen LogP contribution in [0, 0.1) is 0 Å². The van der Waals surface area contributed by atoms with Crippen LogP contribution in [0.25, 0.3) is 0 Å². The van der Waals surface area contributed by atoms with Crippen molar-refractivity contribution in [1.82, 2.24) is 4.90 Å². The van der Waals surface area contributed by atoms with Crippen molar-refractivity contribution in [2.75, 3.05) is 26.3 Å². The Kier molecular flexibility index (Phi) is 4.62. The molecule has 0 amide bonds. The number of hydrogen-bond donors (Lipinski definition) is 2. The molecule has 0 saturated carbocycles. The van der Waals surface area contributed by atoms with E-state index in [9.17, 15) is 10.2 Å². The molecule has 24 heavy (non-hydrogen) atoms. The van der Waals surface area contributed by atoms with Gasteiger partial charge in [0.15, 0.2) is 0 Å². The van der Waals surface area contributed by atoms with E-state index in [0.717, 1.165) is 32.2 Å². The van der Waals surface area contributed by atoms with Gasteiger partial charge in [0, 0.05) is 26.3 Å². The topological polar surface area (TPSA) is 62.2 Å². The Morgan fingerprint density at radius 3 is 2.58 bits per heavy atom.